The molecule has 4 atom stereocenters. The fourth-order valence-electron chi connectivity index (χ4n) is 4.31. The van der Waals surface area contributed by atoms with Gasteiger partial charge >= 0.3 is 5.97 Å². The zero-order chi connectivity index (χ0) is 30.9. The molecular weight excluding hydrogens is 545 g/mol. The Morgan fingerprint density at radius 3 is 2.50 bits per heavy atom. The molecule has 2 aromatic carbocycles. The van der Waals surface area contributed by atoms with Crippen LogP contribution in [0.3, 0.4) is 0 Å². The van der Waals surface area contributed by atoms with E-state index in [2.05, 4.69) is 15.3 Å². The number of halogens is 1. The number of amides is 2. The van der Waals surface area contributed by atoms with E-state index in [1.54, 1.807) is 38.1 Å². The van der Waals surface area contributed by atoms with Crippen LogP contribution in [-0.4, -0.2) is 63.4 Å². The number of nitrogens with zero attached hydrogens (tertiary/aromatic N) is 2. The van der Waals surface area contributed by atoms with Crippen molar-refractivity contribution >= 4 is 28.8 Å². The van der Waals surface area contributed by atoms with Crippen LogP contribution >= 0.6 is 0 Å². The average Bonchev–Trinajstić information content (AvgIpc) is 2.94. The van der Waals surface area contributed by atoms with Crippen molar-refractivity contribution in [3.63, 3.8) is 0 Å². The fraction of sp³-hybridized carbons (Fsp3) is 0.433. The molecule has 0 aliphatic carbocycles. The van der Waals surface area contributed by atoms with Gasteiger partial charge in [0.25, 0.3) is 5.91 Å². The van der Waals surface area contributed by atoms with Crippen molar-refractivity contribution in [2.24, 2.45) is 17.4 Å². The molecule has 0 saturated heterocycles. The lowest BCUT2D eigenvalue weighted by atomic mass is 9.87. The standard InChI is InChI=1S/C30H38FN5O6/c1-18(32)29(40)41-17-42-30(2,3)12-11-20(27(33)38)15-26(37)24(14-19-7-6-8-21(31)13-19)36-28(39)25-16-34-22-9-4-5-10-23(22)35-25/h4-10,13,16,18,20,24,26,37H,11-12,14-15,17,32H2,1-3H3,(H2,33,38)(H,36,39)/t18-,20+,24-,26-/m0/s1. The lowest BCUT2D eigenvalue weighted by molar-refractivity contribution is -0.171. The number of rotatable bonds is 15. The lowest BCUT2D eigenvalue weighted by Crippen LogP contribution is -2.46. The van der Waals surface area contributed by atoms with Crippen LogP contribution in [0, 0.1) is 11.7 Å². The van der Waals surface area contributed by atoms with Crippen LogP contribution in [0.15, 0.2) is 54.7 Å². The Bertz CT molecular complexity index is 1390. The number of fused-ring (bicyclic) bond motifs is 1. The maximum absolute atomic E-state index is 13.9. The molecule has 0 spiro atoms. The second-order valence-corrected chi connectivity index (χ2v) is 10.9. The minimum Gasteiger partial charge on any atom is -0.437 e. The molecular formula is C30H38FN5O6. The quantitative estimate of drug-likeness (QED) is 0.154. The molecule has 3 aromatic rings. The van der Waals surface area contributed by atoms with Gasteiger partial charge in [0, 0.05) is 5.92 Å². The number of carbonyl (C=O) groups excluding carboxylic acids is 3. The molecule has 0 saturated carbocycles. The number of nitrogens with one attached hydrogen (secondary N) is 1. The Kier molecular flexibility index (Phi) is 11.4. The Balaban J connectivity index is 1.71. The van der Waals surface area contributed by atoms with Gasteiger partial charge in [-0.3, -0.25) is 19.4 Å². The van der Waals surface area contributed by atoms with Crippen LogP contribution in [0.1, 0.15) is 56.1 Å². The second-order valence-electron chi connectivity index (χ2n) is 10.9. The van der Waals surface area contributed by atoms with E-state index in [9.17, 15) is 23.9 Å². The van der Waals surface area contributed by atoms with Crippen LogP contribution in [0.4, 0.5) is 4.39 Å². The van der Waals surface area contributed by atoms with E-state index in [1.165, 1.54) is 31.3 Å². The Hall–Kier alpha value is -4.00. The summed E-state index contributed by atoms with van der Waals surface area (Å²) in [5.41, 5.74) is 12.1. The van der Waals surface area contributed by atoms with Gasteiger partial charge < -0.3 is 31.4 Å². The smallest absolute Gasteiger partial charge is 0.324 e. The topological polar surface area (TPSA) is 180 Å². The first-order valence-corrected chi connectivity index (χ1v) is 13.7. The number of hydrogen-bond donors (Lipinski definition) is 4. The number of primary amides is 1. The first kappa shape index (κ1) is 32.5. The van der Waals surface area contributed by atoms with Crippen molar-refractivity contribution in [2.75, 3.05) is 6.79 Å². The molecule has 11 nitrogen and oxygen atoms in total. The van der Waals surface area contributed by atoms with Crippen molar-refractivity contribution in [2.45, 2.75) is 70.2 Å². The Labute approximate surface area is 243 Å². The molecule has 3 rings (SSSR count). The predicted molar refractivity (Wildman–Crippen MR) is 153 cm³/mol. The number of hydrogen-bond acceptors (Lipinski definition) is 9. The van der Waals surface area contributed by atoms with Gasteiger partial charge in [-0.2, -0.15) is 0 Å². The summed E-state index contributed by atoms with van der Waals surface area (Å²) in [6.45, 7) is 4.71. The number of aliphatic hydroxyl groups is 1. The highest BCUT2D eigenvalue weighted by Crippen LogP contribution is 2.24. The normalized spacial score (nSPS) is 14.5. The van der Waals surface area contributed by atoms with E-state index >= 15 is 0 Å². The van der Waals surface area contributed by atoms with Gasteiger partial charge in [0.2, 0.25) is 5.91 Å². The third kappa shape index (κ3) is 9.82. The maximum Gasteiger partial charge on any atom is 0.324 e. The third-order valence-electron chi connectivity index (χ3n) is 6.85. The molecule has 6 N–H and O–H groups in total. The number of aliphatic hydroxyl groups excluding tert-OH is 1. The SMILES string of the molecule is C[C@H](N)C(=O)OCOC(C)(C)CC[C@H](C[C@H](O)[C@H](Cc1cccc(F)c1)NC(=O)c1cnc2ccccc2n1)C(N)=O. The average molecular weight is 584 g/mol. The highest BCUT2D eigenvalue weighted by Gasteiger charge is 2.30. The van der Waals surface area contributed by atoms with Gasteiger partial charge in [-0.15, -0.1) is 0 Å². The molecule has 226 valence electrons. The molecule has 42 heavy (non-hydrogen) atoms. The number of ether oxygens (including phenoxy) is 2. The molecule has 0 fully saturated rings. The zero-order valence-corrected chi connectivity index (χ0v) is 24.0. The monoisotopic (exact) mass is 583 g/mol. The minimum atomic E-state index is -1.22. The molecule has 2 amide bonds. The first-order valence-electron chi connectivity index (χ1n) is 13.7. The van der Waals surface area contributed by atoms with E-state index in [0.29, 0.717) is 23.0 Å². The highest BCUT2D eigenvalue weighted by atomic mass is 19.1. The Morgan fingerprint density at radius 1 is 1.12 bits per heavy atom. The fourth-order valence-corrected chi connectivity index (χ4v) is 4.31. The van der Waals surface area contributed by atoms with Gasteiger partial charge in [-0.05, 0) is 76.3 Å². The van der Waals surface area contributed by atoms with Gasteiger partial charge in [0.05, 0.1) is 35.0 Å². The molecule has 0 bridgehead atoms. The largest absolute Gasteiger partial charge is 0.437 e. The molecule has 0 unspecified atom stereocenters. The van der Waals surface area contributed by atoms with Crippen molar-refractivity contribution in [1.82, 2.24) is 15.3 Å². The van der Waals surface area contributed by atoms with Crippen molar-refractivity contribution in [3.8, 4) is 0 Å². The van der Waals surface area contributed by atoms with Crippen molar-refractivity contribution in [3.05, 3.63) is 71.8 Å². The number of esters is 1. The van der Waals surface area contributed by atoms with E-state index < -0.39 is 53.3 Å². The summed E-state index contributed by atoms with van der Waals surface area (Å²) in [4.78, 5) is 45.7. The predicted octanol–water partition coefficient (Wildman–Crippen LogP) is 2.39. The molecule has 0 aliphatic heterocycles. The van der Waals surface area contributed by atoms with Gasteiger partial charge in [-0.25, -0.2) is 9.37 Å². The van der Waals surface area contributed by atoms with Crippen LogP contribution in [-0.2, 0) is 25.5 Å². The highest BCUT2D eigenvalue weighted by molar-refractivity contribution is 5.94. The van der Waals surface area contributed by atoms with E-state index in [1.807, 2.05) is 6.07 Å². The molecule has 1 heterocycles. The summed E-state index contributed by atoms with van der Waals surface area (Å²) in [7, 11) is 0. The summed E-state index contributed by atoms with van der Waals surface area (Å²) < 4.78 is 24.5. The van der Waals surface area contributed by atoms with Crippen LogP contribution < -0.4 is 16.8 Å². The first-order chi connectivity index (χ1) is 19.8. The minimum absolute atomic E-state index is 0.0419. The van der Waals surface area contributed by atoms with Gasteiger partial charge in [0.15, 0.2) is 6.79 Å². The Morgan fingerprint density at radius 2 is 1.83 bits per heavy atom. The molecule has 1 aromatic heterocycles. The van der Waals surface area contributed by atoms with Crippen molar-refractivity contribution < 1.29 is 33.4 Å². The summed E-state index contributed by atoms with van der Waals surface area (Å²) in [6, 6.07) is 11.2. The summed E-state index contributed by atoms with van der Waals surface area (Å²) >= 11 is 0. The number of para-hydroxylation sites is 2. The van der Waals surface area contributed by atoms with E-state index in [-0.39, 0.29) is 31.7 Å². The third-order valence-corrected chi connectivity index (χ3v) is 6.85. The second kappa shape index (κ2) is 14.8. The lowest BCUT2D eigenvalue weighted by Gasteiger charge is -2.29. The maximum atomic E-state index is 13.9. The van der Waals surface area contributed by atoms with Gasteiger partial charge in [0.1, 0.15) is 17.6 Å². The summed E-state index contributed by atoms with van der Waals surface area (Å²) in [5.74, 6) is -3.06. The van der Waals surface area contributed by atoms with Gasteiger partial charge in [-0.1, -0.05) is 24.3 Å². The molecule has 0 radical (unpaired) electrons. The molecule has 12 heteroatoms. The number of nitrogens with two attached hydrogens (primary N) is 2. The molecule has 0 aliphatic rings. The van der Waals surface area contributed by atoms with E-state index in [0.717, 1.165) is 0 Å². The van der Waals surface area contributed by atoms with Crippen LogP contribution in [0.2, 0.25) is 0 Å². The van der Waals surface area contributed by atoms with Crippen LogP contribution in [0.5, 0.6) is 0 Å². The van der Waals surface area contributed by atoms with E-state index in [4.69, 9.17) is 20.9 Å². The number of carbonyl (C=O) groups is 3. The summed E-state index contributed by atoms with van der Waals surface area (Å²) in [5, 5.41) is 14.0. The van der Waals surface area contributed by atoms with Crippen molar-refractivity contribution in [1.29, 1.82) is 0 Å². The number of aromatic nitrogens is 2. The number of benzene rings is 2. The summed E-state index contributed by atoms with van der Waals surface area (Å²) in [6.07, 6.45) is 0.710. The van der Waals surface area contributed by atoms with Crippen LogP contribution in [0.25, 0.3) is 11.0 Å². The zero-order valence-electron chi connectivity index (χ0n) is 24.0.